The third-order valence-electron chi connectivity index (χ3n) is 4.00. The van der Waals surface area contributed by atoms with Gasteiger partial charge in [0.05, 0.1) is 26.3 Å². The molecule has 0 atom stereocenters. The van der Waals surface area contributed by atoms with Gasteiger partial charge in [-0.3, -0.25) is 14.7 Å². The lowest BCUT2D eigenvalue weighted by atomic mass is 10.1. The second-order valence-corrected chi connectivity index (χ2v) is 6.51. The van der Waals surface area contributed by atoms with Crippen LogP contribution in [0, 0.1) is 5.82 Å². The molecule has 7 heteroatoms. The van der Waals surface area contributed by atoms with Gasteiger partial charge in [-0.15, -0.1) is 0 Å². The Morgan fingerprint density at radius 2 is 2.04 bits per heavy atom. The van der Waals surface area contributed by atoms with Gasteiger partial charge in [0.15, 0.2) is 5.17 Å². The summed E-state index contributed by atoms with van der Waals surface area (Å²) in [4.78, 5) is 19.0. The molecule has 0 aromatic heterocycles. The predicted octanol–water partition coefficient (Wildman–Crippen LogP) is 3.59. The normalized spacial score (nSPS) is 13.5. The number of nitrogens with zero attached hydrogens (tertiary/aromatic N) is 2. The Morgan fingerprint density at radius 3 is 2.77 bits per heavy atom. The molecule has 0 fully saturated rings. The van der Waals surface area contributed by atoms with Crippen molar-refractivity contribution in [2.24, 2.45) is 4.99 Å². The smallest absolute Gasteiger partial charge is 0.263 e. The average Bonchev–Trinajstić information content (AvgIpc) is 3.14. The minimum Gasteiger partial charge on any atom is -0.497 e. The number of carbonyl (C=O) groups is 1. The largest absolute Gasteiger partial charge is 0.497 e. The molecule has 0 spiro atoms. The molecule has 0 radical (unpaired) electrons. The Morgan fingerprint density at radius 1 is 1.23 bits per heavy atom. The summed E-state index contributed by atoms with van der Waals surface area (Å²) in [5.74, 6) is 1.02. The summed E-state index contributed by atoms with van der Waals surface area (Å²) >= 11 is 1.35. The molecule has 0 unspecified atom stereocenters. The molecule has 1 amide bonds. The quantitative estimate of drug-likeness (QED) is 0.803. The standard InChI is InChI=1S/C19H19FN2O3S/c1-24-14-7-8-15(17(11-14)25-2)18(23)22-10-9-21-19(22)26-12-13-5-3-4-6-16(13)20/h3-8,11H,9-10,12H2,1-2H3. The van der Waals surface area contributed by atoms with E-state index in [-0.39, 0.29) is 11.7 Å². The van der Waals surface area contributed by atoms with E-state index in [2.05, 4.69) is 4.99 Å². The molecule has 0 N–H and O–H groups in total. The second-order valence-electron chi connectivity index (χ2n) is 5.57. The van der Waals surface area contributed by atoms with Gasteiger partial charge >= 0.3 is 0 Å². The van der Waals surface area contributed by atoms with Crippen LogP contribution in [-0.4, -0.2) is 43.3 Å². The van der Waals surface area contributed by atoms with Crippen molar-refractivity contribution in [1.29, 1.82) is 0 Å². The van der Waals surface area contributed by atoms with Crippen LogP contribution in [0.5, 0.6) is 11.5 Å². The van der Waals surface area contributed by atoms with Gasteiger partial charge in [-0.25, -0.2) is 4.39 Å². The van der Waals surface area contributed by atoms with Crippen molar-refractivity contribution in [1.82, 2.24) is 4.90 Å². The molecule has 0 bridgehead atoms. The first kappa shape index (κ1) is 18.3. The van der Waals surface area contributed by atoms with Crippen LogP contribution >= 0.6 is 11.8 Å². The maximum Gasteiger partial charge on any atom is 0.263 e. The molecule has 1 aliphatic heterocycles. The zero-order chi connectivity index (χ0) is 18.5. The van der Waals surface area contributed by atoms with Crippen LogP contribution in [0.4, 0.5) is 4.39 Å². The minimum atomic E-state index is -0.256. The highest BCUT2D eigenvalue weighted by atomic mass is 32.2. The number of thioether (sulfide) groups is 1. The SMILES string of the molecule is COc1ccc(C(=O)N2CCN=C2SCc2ccccc2F)c(OC)c1. The first-order valence-corrected chi connectivity index (χ1v) is 9.07. The Hall–Kier alpha value is -2.54. The monoisotopic (exact) mass is 374 g/mol. The lowest BCUT2D eigenvalue weighted by Crippen LogP contribution is -2.33. The molecule has 1 heterocycles. The number of aliphatic imine (C=N–C) groups is 1. The zero-order valence-corrected chi connectivity index (χ0v) is 15.4. The number of methoxy groups -OCH3 is 2. The number of hydrogen-bond acceptors (Lipinski definition) is 5. The molecule has 3 rings (SSSR count). The van der Waals surface area contributed by atoms with Crippen LogP contribution in [0.25, 0.3) is 0 Å². The summed E-state index contributed by atoms with van der Waals surface area (Å²) < 4.78 is 24.3. The highest BCUT2D eigenvalue weighted by Gasteiger charge is 2.27. The molecule has 0 saturated heterocycles. The molecule has 0 aliphatic carbocycles. The predicted molar refractivity (Wildman–Crippen MR) is 101 cm³/mol. The number of hydrogen-bond donors (Lipinski definition) is 0. The van der Waals surface area contributed by atoms with E-state index in [1.165, 1.54) is 24.9 Å². The van der Waals surface area contributed by atoms with Gasteiger partial charge in [-0.2, -0.15) is 0 Å². The van der Waals surface area contributed by atoms with Gasteiger partial charge in [-0.05, 0) is 23.8 Å². The summed E-state index contributed by atoms with van der Waals surface area (Å²) in [6, 6.07) is 11.7. The van der Waals surface area contributed by atoms with E-state index in [1.54, 1.807) is 48.4 Å². The van der Waals surface area contributed by atoms with Crippen molar-refractivity contribution in [3.8, 4) is 11.5 Å². The first-order chi connectivity index (χ1) is 12.6. The number of ether oxygens (including phenoxy) is 2. The van der Waals surface area contributed by atoms with E-state index in [9.17, 15) is 9.18 Å². The number of amides is 1. The highest BCUT2D eigenvalue weighted by Crippen LogP contribution is 2.28. The zero-order valence-electron chi connectivity index (χ0n) is 14.6. The van der Waals surface area contributed by atoms with Crippen LogP contribution in [0.3, 0.4) is 0 Å². The topological polar surface area (TPSA) is 51.1 Å². The van der Waals surface area contributed by atoms with Gasteiger partial charge in [0, 0.05) is 18.4 Å². The Balaban J connectivity index is 1.75. The van der Waals surface area contributed by atoms with E-state index in [1.807, 2.05) is 0 Å². The van der Waals surface area contributed by atoms with Gasteiger partial charge in [0.2, 0.25) is 0 Å². The van der Waals surface area contributed by atoms with Crippen LogP contribution in [-0.2, 0) is 5.75 Å². The second kappa shape index (κ2) is 8.23. The van der Waals surface area contributed by atoms with E-state index < -0.39 is 0 Å². The lowest BCUT2D eigenvalue weighted by Gasteiger charge is -2.19. The van der Waals surface area contributed by atoms with Crippen molar-refractivity contribution in [2.75, 3.05) is 27.3 Å². The number of amidine groups is 1. The highest BCUT2D eigenvalue weighted by molar-refractivity contribution is 8.13. The molecular formula is C19H19FN2O3S. The van der Waals surface area contributed by atoms with Gasteiger partial charge in [0.25, 0.3) is 5.91 Å². The molecular weight excluding hydrogens is 355 g/mol. The summed E-state index contributed by atoms with van der Waals surface area (Å²) in [5, 5.41) is 0.594. The van der Waals surface area contributed by atoms with Crippen molar-refractivity contribution < 1.29 is 18.7 Å². The average molecular weight is 374 g/mol. The van der Waals surface area contributed by atoms with Crippen molar-refractivity contribution in [2.45, 2.75) is 5.75 Å². The van der Waals surface area contributed by atoms with Gasteiger partial charge in [-0.1, -0.05) is 30.0 Å². The van der Waals surface area contributed by atoms with E-state index in [0.717, 1.165) is 0 Å². The number of benzene rings is 2. The van der Waals surface area contributed by atoms with E-state index >= 15 is 0 Å². The fourth-order valence-electron chi connectivity index (χ4n) is 2.62. The minimum absolute atomic E-state index is 0.193. The molecule has 2 aromatic carbocycles. The van der Waals surface area contributed by atoms with Crippen LogP contribution in [0.1, 0.15) is 15.9 Å². The Kier molecular flexibility index (Phi) is 5.78. The summed E-state index contributed by atoms with van der Waals surface area (Å²) in [6.07, 6.45) is 0. The maximum absolute atomic E-state index is 13.8. The Labute approximate surface area is 155 Å². The fraction of sp³-hybridized carbons (Fsp3) is 0.263. The van der Waals surface area contributed by atoms with Crippen LogP contribution < -0.4 is 9.47 Å². The molecule has 0 saturated carbocycles. The Bertz CT molecular complexity index is 841. The van der Waals surface area contributed by atoms with Gasteiger partial charge in [0.1, 0.15) is 17.3 Å². The molecule has 5 nitrogen and oxygen atoms in total. The number of rotatable bonds is 5. The summed E-state index contributed by atoms with van der Waals surface area (Å²) in [6.45, 7) is 1.03. The van der Waals surface area contributed by atoms with Gasteiger partial charge < -0.3 is 9.47 Å². The molecule has 26 heavy (non-hydrogen) atoms. The van der Waals surface area contributed by atoms with Crippen LogP contribution in [0.15, 0.2) is 47.5 Å². The van der Waals surface area contributed by atoms with E-state index in [0.29, 0.717) is 46.6 Å². The lowest BCUT2D eigenvalue weighted by molar-refractivity contribution is 0.0857. The number of carbonyl (C=O) groups excluding carboxylic acids is 1. The van der Waals surface area contributed by atoms with E-state index in [4.69, 9.17) is 9.47 Å². The summed E-state index contributed by atoms with van der Waals surface area (Å²) in [7, 11) is 3.07. The number of halogens is 1. The molecule has 1 aliphatic rings. The third kappa shape index (κ3) is 3.83. The first-order valence-electron chi connectivity index (χ1n) is 8.08. The van der Waals surface area contributed by atoms with Crippen LogP contribution in [0.2, 0.25) is 0 Å². The van der Waals surface area contributed by atoms with Crippen molar-refractivity contribution in [3.05, 3.63) is 59.4 Å². The fourth-order valence-corrected chi connectivity index (χ4v) is 3.65. The third-order valence-corrected chi connectivity index (χ3v) is 5.06. The van der Waals surface area contributed by atoms with Crippen molar-refractivity contribution in [3.63, 3.8) is 0 Å². The summed E-state index contributed by atoms with van der Waals surface area (Å²) in [5.41, 5.74) is 1.02. The maximum atomic E-state index is 13.8. The molecule has 136 valence electrons. The van der Waals surface area contributed by atoms with Crippen molar-refractivity contribution >= 4 is 22.8 Å². The molecule has 2 aromatic rings.